The number of rotatable bonds is 3. The predicted octanol–water partition coefficient (Wildman–Crippen LogP) is 2.91. The molecule has 2 N–H and O–H groups in total. The highest BCUT2D eigenvalue weighted by molar-refractivity contribution is 6.09. The lowest BCUT2D eigenvalue weighted by Gasteiger charge is -2.22. The van der Waals surface area contributed by atoms with Gasteiger partial charge in [-0.1, -0.05) is 19.3 Å². The lowest BCUT2D eigenvalue weighted by Crippen LogP contribution is -2.27. The minimum atomic E-state index is 0.507. The van der Waals surface area contributed by atoms with Crippen LogP contribution in [0.3, 0.4) is 0 Å². The number of hydrogen-bond acceptors (Lipinski definition) is 3. The van der Waals surface area contributed by atoms with Gasteiger partial charge < -0.3 is 15.5 Å². The van der Waals surface area contributed by atoms with Crippen molar-refractivity contribution < 1.29 is 4.74 Å². The molecule has 0 heterocycles. The van der Waals surface area contributed by atoms with E-state index in [1.165, 1.54) is 32.1 Å². The molecule has 2 aliphatic rings. The number of hydrogen-bond donors (Lipinski definition) is 2. The lowest BCUT2D eigenvalue weighted by molar-refractivity contribution is 0.307. The second kappa shape index (κ2) is 5.71. The van der Waals surface area contributed by atoms with E-state index < -0.39 is 0 Å². The maximum Gasteiger partial charge on any atom is 0.121 e. The Hall–Kier alpha value is -1.51. The second-order valence-corrected chi connectivity index (χ2v) is 4.60. The predicted molar refractivity (Wildman–Crippen MR) is 70.1 cm³/mol. The molecule has 0 atom stereocenters. The molecule has 1 saturated carbocycles. The molecule has 2 aliphatic carbocycles. The zero-order valence-electron chi connectivity index (χ0n) is 10.3. The first-order valence-corrected chi connectivity index (χ1v) is 6.28. The number of nitrogens with one attached hydrogen (secondary N) is 2. The van der Waals surface area contributed by atoms with Gasteiger partial charge in [-0.2, -0.15) is 0 Å². The zero-order valence-corrected chi connectivity index (χ0v) is 10.3. The third-order valence-corrected chi connectivity index (χ3v) is 3.34. The highest BCUT2D eigenvalue weighted by atomic mass is 16.5. The van der Waals surface area contributed by atoms with Gasteiger partial charge in [0.05, 0.1) is 12.8 Å². The number of ether oxygens (including phenoxy) is 1. The molecule has 1 fully saturated rings. The molecule has 0 bridgehead atoms. The molecule has 3 heteroatoms. The molecule has 0 radical (unpaired) electrons. The molecule has 17 heavy (non-hydrogen) atoms. The largest absolute Gasteiger partial charge is 0.497 e. The van der Waals surface area contributed by atoms with Crippen LogP contribution >= 0.6 is 0 Å². The minimum absolute atomic E-state index is 0.507. The van der Waals surface area contributed by atoms with Crippen LogP contribution in [0.2, 0.25) is 0 Å². The normalized spacial score (nSPS) is 23.7. The Morgan fingerprint density at radius 1 is 1.29 bits per heavy atom. The summed E-state index contributed by atoms with van der Waals surface area (Å²) in [6.45, 7) is 0. The SMILES string of the molecule is COC1=CC(=N)/C(=C\NC2CCCCC2)C=C1. The fourth-order valence-electron chi connectivity index (χ4n) is 2.27. The summed E-state index contributed by atoms with van der Waals surface area (Å²) in [5, 5.41) is 11.3. The Balaban J connectivity index is 1.92. The van der Waals surface area contributed by atoms with Gasteiger partial charge in [-0.15, -0.1) is 0 Å². The maximum atomic E-state index is 7.88. The Morgan fingerprint density at radius 2 is 2.06 bits per heavy atom. The number of allylic oxidation sites excluding steroid dienone is 4. The van der Waals surface area contributed by atoms with E-state index in [1.54, 1.807) is 13.2 Å². The molecular formula is C14H20N2O. The van der Waals surface area contributed by atoms with Gasteiger partial charge in [0.1, 0.15) is 5.76 Å². The van der Waals surface area contributed by atoms with Crippen molar-refractivity contribution in [1.82, 2.24) is 5.32 Å². The van der Waals surface area contributed by atoms with Crippen molar-refractivity contribution in [2.24, 2.45) is 0 Å². The molecule has 2 rings (SSSR count). The molecule has 3 nitrogen and oxygen atoms in total. The standard InChI is InChI=1S/C14H20N2O/c1-17-13-8-7-11(14(15)9-13)10-16-12-5-3-2-4-6-12/h7-10,12,15-16H,2-6H2,1H3/b11-10-,15-14?. The summed E-state index contributed by atoms with van der Waals surface area (Å²) < 4.78 is 5.09. The highest BCUT2D eigenvalue weighted by Crippen LogP contribution is 2.18. The van der Waals surface area contributed by atoms with Crippen LogP contribution in [0.5, 0.6) is 0 Å². The minimum Gasteiger partial charge on any atom is -0.497 e. The van der Waals surface area contributed by atoms with Crippen molar-refractivity contribution in [2.75, 3.05) is 7.11 Å². The zero-order chi connectivity index (χ0) is 12.1. The summed E-state index contributed by atoms with van der Waals surface area (Å²) in [6.07, 6.45) is 14.0. The van der Waals surface area contributed by atoms with E-state index in [2.05, 4.69) is 5.32 Å². The van der Waals surface area contributed by atoms with Crippen LogP contribution in [-0.2, 0) is 4.74 Å². The monoisotopic (exact) mass is 232 g/mol. The van der Waals surface area contributed by atoms with Crippen LogP contribution in [0, 0.1) is 5.41 Å². The van der Waals surface area contributed by atoms with E-state index in [0.29, 0.717) is 11.8 Å². The van der Waals surface area contributed by atoms with E-state index in [-0.39, 0.29) is 0 Å². The molecule has 0 unspecified atom stereocenters. The van der Waals surface area contributed by atoms with Crippen molar-refractivity contribution in [3.05, 3.63) is 35.8 Å². The molecule has 92 valence electrons. The van der Waals surface area contributed by atoms with Crippen molar-refractivity contribution in [3.63, 3.8) is 0 Å². The van der Waals surface area contributed by atoms with Gasteiger partial charge in [0, 0.05) is 23.9 Å². The molecule has 0 saturated heterocycles. The summed E-state index contributed by atoms with van der Waals surface area (Å²) in [6, 6.07) is 0.588. The van der Waals surface area contributed by atoms with Crippen LogP contribution in [0.4, 0.5) is 0 Å². The fraction of sp³-hybridized carbons (Fsp3) is 0.500. The first kappa shape index (κ1) is 12.0. The average molecular weight is 232 g/mol. The molecule has 0 aromatic carbocycles. The van der Waals surface area contributed by atoms with E-state index >= 15 is 0 Å². The maximum absolute atomic E-state index is 7.88. The van der Waals surface area contributed by atoms with Crippen molar-refractivity contribution in [1.29, 1.82) is 5.41 Å². The van der Waals surface area contributed by atoms with Gasteiger partial charge in [0.2, 0.25) is 0 Å². The van der Waals surface area contributed by atoms with Gasteiger partial charge in [-0.05, 0) is 25.0 Å². The van der Waals surface area contributed by atoms with Crippen molar-refractivity contribution in [2.45, 2.75) is 38.1 Å². The molecule has 0 spiro atoms. The third kappa shape index (κ3) is 3.22. The van der Waals surface area contributed by atoms with E-state index in [4.69, 9.17) is 10.1 Å². The first-order valence-electron chi connectivity index (χ1n) is 6.28. The first-order chi connectivity index (χ1) is 8.29. The Bertz CT molecular complexity index is 374. The smallest absolute Gasteiger partial charge is 0.121 e. The average Bonchev–Trinajstić information content (AvgIpc) is 2.38. The summed E-state index contributed by atoms with van der Waals surface area (Å²) in [5.74, 6) is 0.741. The van der Waals surface area contributed by atoms with Crippen molar-refractivity contribution in [3.8, 4) is 0 Å². The Labute approximate surface area is 103 Å². The molecule has 0 amide bonds. The third-order valence-electron chi connectivity index (χ3n) is 3.34. The Morgan fingerprint density at radius 3 is 2.71 bits per heavy atom. The van der Waals surface area contributed by atoms with Gasteiger partial charge in [0.15, 0.2) is 0 Å². The lowest BCUT2D eigenvalue weighted by atomic mass is 9.95. The van der Waals surface area contributed by atoms with Crippen LogP contribution in [0.15, 0.2) is 35.8 Å². The molecule has 0 aromatic rings. The summed E-state index contributed by atoms with van der Waals surface area (Å²) in [5.41, 5.74) is 1.43. The second-order valence-electron chi connectivity index (χ2n) is 4.60. The quantitative estimate of drug-likeness (QED) is 0.786. The summed E-state index contributed by atoms with van der Waals surface area (Å²) >= 11 is 0. The van der Waals surface area contributed by atoms with E-state index in [9.17, 15) is 0 Å². The summed E-state index contributed by atoms with van der Waals surface area (Å²) in [4.78, 5) is 0. The topological polar surface area (TPSA) is 45.1 Å². The van der Waals surface area contributed by atoms with Crippen LogP contribution in [-0.4, -0.2) is 18.9 Å². The molecule has 0 aliphatic heterocycles. The highest BCUT2D eigenvalue weighted by Gasteiger charge is 2.12. The number of methoxy groups -OCH3 is 1. The van der Waals surface area contributed by atoms with Gasteiger partial charge >= 0.3 is 0 Å². The van der Waals surface area contributed by atoms with Crippen LogP contribution in [0.25, 0.3) is 0 Å². The Kier molecular flexibility index (Phi) is 4.02. The fourth-order valence-corrected chi connectivity index (χ4v) is 2.27. The van der Waals surface area contributed by atoms with Gasteiger partial charge in [0.25, 0.3) is 0 Å². The van der Waals surface area contributed by atoms with E-state index in [0.717, 1.165) is 11.3 Å². The van der Waals surface area contributed by atoms with E-state index in [1.807, 2.05) is 18.4 Å². The van der Waals surface area contributed by atoms with Gasteiger partial charge in [-0.3, -0.25) is 0 Å². The molecular weight excluding hydrogens is 212 g/mol. The van der Waals surface area contributed by atoms with Gasteiger partial charge in [-0.25, -0.2) is 0 Å². The van der Waals surface area contributed by atoms with Crippen LogP contribution in [0.1, 0.15) is 32.1 Å². The molecule has 0 aromatic heterocycles. The van der Waals surface area contributed by atoms with Crippen LogP contribution < -0.4 is 5.32 Å². The summed E-state index contributed by atoms with van der Waals surface area (Å²) in [7, 11) is 1.62. The van der Waals surface area contributed by atoms with Crippen molar-refractivity contribution >= 4 is 5.71 Å².